The van der Waals surface area contributed by atoms with Crippen molar-refractivity contribution in [2.75, 3.05) is 20.1 Å². The first kappa shape index (κ1) is 41.0. The zero-order valence-corrected chi connectivity index (χ0v) is 28.9. The average molecular weight is 765 g/mol. The zero-order valence-electron chi connectivity index (χ0n) is 28.1. The summed E-state index contributed by atoms with van der Waals surface area (Å²) in [5.41, 5.74) is -7.19. The highest BCUT2D eigenvalue weighted by Crippen LogP contribution is 2.54. The average Bonchev–Trinajstić information content (AvgIpc) is 3.55. The third-order valence-electron chi connectivity index (χ3n) is 9.55. The van der Waals surface area contributed by atoms with Gasteiger partial charge in [0.25, 0.3) is 5.60 Å². The molecule has 3 unspecified atom stereocenters. The Labute approximate surface area is 297 Å². The van der Waals surface area contributed by atoms with Gasteiger partial charge in [-0.1, -0.05) is 30.3 Å². The summed E-state index contributed by atoms with van der Waals surface area (Å²) in [6.07, 6.45) is -8.49. The van der Waals surface area contributed by atoms with Gasteiger partial charge in [-0.3, -0.25) is 9.00 Å². The molecule has 1 N–H and O–H groups in total. The number of aldehydes is 1. The van der Waals surface area contributed by atoms with E-state index in [4.69, 9.17) is 0 Å². The van der Waals surface area contributed by atoms with Crippen LogP contribution in [0.3, 0.4) is 0 Å². The molecular weight excluding hydrogens is 727 g/mol. The van der Waals surface area contributed by atoms with Gasteiger partial charge in [0, 0.05) is 48.0 Å². The second-order valence-electron chi connectivity index (χ2n) is 12.7. The third kappa shape index (κ3) is 8.54. The summed E-state index contributed by atoms with van der Waals surface area (Å²) in [5.74, 6) is -3.01. The Bertz CT molecular complexity index is 1680. The molecule has 1 saturated heterocycles. The van der Waals surface area contributed by atoms with Gasteiger partial charge in [0.15, 0.2) is 0 Å². The van der Waals surface area contributed by atoms with E-state index in [1.165, 1.54) is 12.1 Å². The topological polar surface area (TPSA) is 75.7 Å². The molecule has 0 radical (unpaired) electrons. The van der Waals surface area contributed by atoms with Crippen molar-refractivity contribution < 1.29 is 58.0 Å². The van der Waals surface area contributed by atoms with Gasteiger partial charge in [-0.05, 0) is 81.1 Å². The first-order valence-corrected chi connectivity index (χ1v) is 17.4. The van der Waals surface area contributed by atoms with Crippen molar-refractivity contribution in [2.45, 2.75) is 79.3 Å². The highest BCUT2D eigenvalue weighted by atomic mass is 32.2. The number of amides is 1. The lowest BCUT2D eigenvalue weighted by atomic mass is 9.88. The number of ether oxygens (including phenoxy) is 1. The summed E-state index contributed by atoms with van der Waals surface area (Å²) in [7, 11) is -0.192. The van der Waals surface area contributed by atoms with E-state index < -0.39 is 68.7 Å². The van der Waals surface area contributed by atoms with Crippen LogP contribution in [-0.4, -0.2) is 59.8 Å². The summed E-state index contributed by atoms with van der Waals surface area (Å²) in [5, 5.41) is 3.05. The van der Waals surface area contributed by atoms with Gasteiger partial charge in [-0.2, -0.15) is 26.3 Å². The molecule has 3 aromatic rings. The second kappa shape index (κ2) is 16.5. The number of halogens is 9. The minimum atomic E-state index is -6.09. The number of alkyl halides is 6. The zero-order chi connectivity index (χ0) is 38.5. The minimum absolute atomic E-state index is 0.120. The molecule has 1 aliphatic carbocycles. The minimum Gasteiger partial charge on any atom is -0.349 e. The van der Waals surface area contributed by atoms with E-state index in [0.717, 1.165) is 62.5 Å². The monoisotopic (exact) mass is 764 g/mol. The smallest absolute Gasteiger partial charge is 0.349 e. The van der Waals surface area contributed by atoms with E-state index in [-0.39, 0.29) is 41.2 Å². The second-order valence-corrected chi connectivity index (χ2v) is 14.5. The van der Waals surface area contributed by atoms with E-state index in [2.05, 4.69) is 10.1 Å². The molecule has 1 aliphatic heterocycles. The molecule has 5 rings (SSSR count). The fourth-order valence-electron chi connectivity index (χ4n) is 6.52. The number of nitrogens with one attached hydrogen (secondary N) is 1. The molecule has 0 spiro atoms. The predicted octanol–water partition coefficient (Wildman–Crippen LogP) is 7.86. The molecular formula is C36H37F9N2O4S. The fraction of sp³-hybridized carbons (Fsp3) is 0.444. The van der Waals surface area contributed by atoms with Gasteiger partial charge < -0.3 is 19.7 Å². The summed E-state index contributed by atoms with van der Waals surface area (Å²) in [4.78, 5) is 23.2. The van der Waals surface area contributed by atoms with Crippen LogP contribution in [-0.2, 0) is 42.1 Å². The van der Waals surface area contributed by atoms with Crippen LogP contribution in [0.25, 0.3) is 0 Å². The van der Waals surface area contributed by atoms with Gasteiger partial charge in [-0.25, -0.2) is 13.2 Å². The quantitative estimate of drug-likeness (QED) is 0.178. The van der Waals surface area contributed by atoms with E-state index >= 15 is 0 Å². The molecule has 1 amide bonds. The molecule has 1 heterocycles. The first-order valence-electron chi connectivity index (χ1n) is 16.3. The maximum atomic E-state index is 14.3. The van der Waals surface area contributed by atoms with Crippen LogP contribution < -0.4 is 5.32 Å². The lowest BCUT2D eigenvalue weighted by Crippen LogP contribution is -2.56. The molecule has 0 aromatic heterocycles. The Morgan fingerprint density at radius 3 is 1.92 bits per heavy atom. The number of carbonyl (C=O) groups is 2. The molecule has 2 aliphatic rings. The summed E-state index contributed by atoms with van der Waals surface area (Å²) >= 11 is 0. The van der Waals surface area contributed by atoms with Gasteiger partial charge in [0.2, 0.25) is 5.91 Å². The number of piperidine rings is 1. The number of nitrogens with zero attached hydrogens (tertiary/aromatic N) is 1. The number of hydrogen-bond acceptors (Lipinski definition) is 5. The van der Waals surface area contributed by atoms with Gasteiger partial charge in [0.05, 0.1) is 22.2 Å². The van der Waals surface area contributed by atoms with Crippen molar-refractivity contribution in [2.24, 2.45) is 5.92 Å². The molecule has 52 heavy (non-hydrogen) atoms. The van der Waals surface area contributed by atoms with Crippen LogP contribution in [0.4, 0.5) is 39.5 Å². The van der Waals surface area contributed by atoms with E-state index in [0.29, 0.717) is 30.7 Å². The maximum absolute atomic E-state index is 14.3. The van der Waals surface area contributed by atoms with Crippen LogP contribution in [0.5, 0.6) is 0 Å². The Kier molecular flexibility index (Phi) is 13.0. The van der Waals surface area contributed by atoms with Crippen molar-refractivity contribution in [1.29, 1.82) is 0 Å². The van der Waals surface area contributed by atoms with E-state index in [1.807, 2.05) is 0 Å². The lowest BCUT2D eigenvalue weighted by Gasteiger charge is -2.38. The number of hydrogen-bond donors (Lipinski definition) is 1. The molecule has 3 aromatic carbocycles. The van der Waals surface area contributed by atoms with E-state index in [1.54, 1.807) is 18.9 Å². The molecule has 6 nitrogen and oxygen atoms in total. The first-order chi connectivity index (χ1) is 24.4. The number of carbonyl (C=O) groups excluding carboxylic acids is 2. The Morgan fingerprint density at radius 2 is 1.46 bits per heavy atom. The molecule has 16 heteroatoms. The number of rotatable bonds is 9. The van der Waals surface area contributed by atoms with Crippen molar-refractivity contribution >= 4 is 23.0 Å². The summed E-state index contributed by atoms with van der Waals surface area (Å²) in [6.45, 7) is 1.40. The van der Waals surface area contributed by atoms with Gasteiger partial charge in [-0.15, -0.1) is 0 Å². The Balaban J connectivity index is 0.000000470. The highest BCUT2D eigenvalue weighted by molar-refractivity contribution is 7.86. The number of likely N-dealkylation sites (tertiary alicyclic amines) is 1. The maximum Gasteiger partial charge on any atom is 0.430 e. The molecule has 284 valence electrons. The Morgan fingerprint density at radius 1 is 0.904 bits per heavy atom. The molecule has 3 atom stereocenters. The van der Waals surface area contributed by atoms with Crippen molar-refractivity contribution in [1.82, 2.24) is 10.2 Å². The van der Waals surface area contributed by atoms with Crippen molar-refractivity contribution in [3.63, 3.8) is 0 Å². The van der Waals surface area contributed by atoms with Crippen LogP contribution in [0.15, 0.2) is 71.6 Å². The highest BCUT2D eigenvalue weighted by Gasteiger charge is 2.73. The van der Waals surface area contributed by atoms with Crippen LogP contribution in [0.2, 0.25) is 0 Å². The van der Waals surface area contributed by atoms with Crippen molar-refractivity contribution in [3.05, 3.63) is 101 Å². The molecule has 1 saturated carbocycles. The van der Waals surface area contributed by atoms with Crippen LogP contribution in [0, 0.1) is 23.4 Å². The Hall–Kier alpha value is -3.76. The van der Waals surface area contributed by atoms with Crippen LogP contribution >= 0.6 is 0 Å². The summed E-state index contributed by atoms with van der Waals surface area (Å²) < 4.78 is 144. The molecule has 0 bridgehead atoms. The van der Waals surface area contributed by atoms with Gasteiger partial charge >= 0.3 is 12.4 Å². The fourth-order valence-corrected chi connectivity index (χ4v) is 8.36. The van der Waals surface area contributed by atoms with Crippen molar-refractivity contribution in [3.8, 4) is 0 Å². The van der Waals surface area contributed by atoms with Gasteiger partial charge in [0.1, 0.15) is 23.7 Å². The third-order valence-corrected chi connectivity index (χ3v) is 11.6. The normalized spacial score (nSPS) is 20.6. The lowest BCUT2D eigenvalue weighted by molar-refractivity contribution is -0.392. The largest absolute Gasteiger partial charge is 0.430 e. The van der Waals surface area contributed by atoms with Crippen LogP contribution in [0.1, 0.15) is 55.7 Å². The SMILES string of the molecule is CC(=O)N1CCC(C=O)CC1.CNC1CCC(c2ccc(C(OCc3c(F)cccc3F)(C(F)(F)F)C(F)(F)F)cc2)(S(=O)c2ccc(F)cc2)C1. The summed E-state index contributed by atoms with van der Waals surface area (Å²) in [6, 6.07) is 10.1. The predicted molar refractivity (Wildman–Crippen MR) is 174 cm³/mol. The molecule has 2 fully saturated rings. The van der Waals surface area contributed by atoms with E-state index in [9.17, 15) is 53.3 Å². The number of benzene rings is 3. The standard InChI is InChI=1S/C28H24F9NO2S.C8H13NO2/c1-38-20-13-14-25(15-20,41(39)21-11-9-19(29)10-12-21)17-5-7-18(8-6-17)26(27(32,33)34,28(35,36)37)40-16-22-23(30)3-2-4-24(22)31;1-7(11)9-4-2-8(6-10)3-5-9/h2-12,20,38H,13-16H2,1H3;6,8H,2-5H2,1H3.